The molecule has 0 radical (unpaired) electrons. The van der Waals surface area contributed by atoms with Crippen LogP contribution in [0.2, 0.25) is 0 Å². The molecule has 1 aromatic rings. The van der Waals surface area contributed by atoms with Gasteiger partial charge in [-0.1, -0.05) is 29.7 Å². The van der Waals surface area contributed by atoms with Crippen LogP contribution in [0.4, 0.5) is 0 Å². The van der Waals surface area contributed by atoms with Crippen LogP contribution in [0.25, 0.3) is 0 Å². The van der Waals surface area contributed by atoms with Crippen molar-refractivity contribution in [1.82, 2.24) is 10.2 Å². The lowest BCUT2D eigenvalue weighted by molar-refractivity contribution is -0.131. The van der Waals surface area contributed by atoms with Crippen molar-refractivity contribution in [2.75, 3.05) is 13.1 Å². The first-order chi connectivity index (χ1) is 11.8. The van der Waals surface area contributed by atoms with E-state index in [0.29, 0.717) is 6.54 Å². The van der Waals surface area contributed by atoms with E-state index in [1.54, 1.807) is 13.8 Å². The number of carbonyl (C=O) groups excluding carboxylic acids is 2. The Bertz CT molecular complexity index is 679. The molecule has 25 heavy (non-hydrogen) atoms. The summed E-state index contributed by atoms with van der Waals surface area (Å²) in [7, 11) is -1.70. The zero-order valence-electron chi connectivity index (χ0n) is 15.2. The first-order valence-corrected chi connectivity index (χ1v) is 8.21. The number of amides is 2. The highest BCUT2D eigenvalue weighted by atomic mass is 16.4. The highest BCUT2D eigenvalue weighted by Gasteiger charge is 2.27. The van der Waals surface area contributed by atoms with Crippen molar-refractivity contribution in [3.63, 3.8) is 0 Å². The molecule has 3 N–H and O–H groups in total. The summed E-state index contributed by atoms with van der Waals surface area (Å²) in [6.07, 6.45) is 0.282. The van der Waals surface area contributed by atoms with Crippen molar-refractivity contribution < 1.29 is 19.6 Å². The number of carbonyl (C=O) groups is 2. The van der Waals surface area contributed by atoms with Gasteiger partial charge in [-0.3, -0.25) is 9.59 Å². The van der Waals surface area contributed by atoms with Crippen molar-refractivity contribution in [2.45, 2.75) is 40.1 Å². The van der Waals surface area contributed by atoms with Crippen LogP contribution in [0.15, 0.2) is 18.2 Å². The number of aryl methyl sites for hydroxylation is 2. The number of benzene rings is 1. The number of nitrogens with one attached hydrogen (secondary N) is 1. The average Bonchev–Trinajstić information content (AvgIpc) is 2.54. The van der Waals surface area contributed by atoms with Crippen LogP contribution < -0.4 is 5.32 Å². The van der Waals surface area contributed by atoms with Crippen LogP contribution in [0.3, 0.4) is 0 Å². The van der Waals surface area contributed by atoms with Crippen LogP contribution in [-0.4, -0.2) is 52.9 Å². The summed E-state index contributed by atoms with van der Waals surface area (Å²) >= 11 is 0. The van der Waals surface area contributed by atoms with Gasteiger partial charge < -0.3 is 20.3 Å². The molecule has 0 aliphatic carbocycles. The number of likely N-dealkylation sites (N-methyl/N-ethyl adjacent to an activating group) is 1. The average molecular weight is 344 g/mol. The molecule has 0 aliphatic rings. The second-order valence-corrected chi connectivity index (χ2v) is 5.92. The number of hydrogen-bond donors (Lipinski definition) is 3. The molecule has 0 fully saturated rings. The Morgan fingerprint density at radius 2 is 2.00 bits per heavy atom. The Hall–Kier alpha value is -2.30. The topological polar surface area (TPSA) is 89.9 Å². The van der Waals surface area contributed by atoms with E-state index in [4.69, 9.17) is 0 Å². The fraction of sp³-hybridized carbons (Fsp3) is 0.444. The van der Waals surface area contributed by atoms with E-state index in [2.05, 4.69) is 17.2 Å². The minimum Gasteiger partial charge on any atom is -0.426 e. The van der Waals surface area contributed by atoms with E-state index in [1.807, 2.05) is 32.0 Å². The number of hydrogen-bond acceptors (Lipinski definition) is 4. The van der Waals surface area contributed by atoms with Gasteiger partial charge in [-0.25, -0.2) is 0 Å². The van der Waals surface area contributed by atoms with Gasteiger partial charge in [0.25, 0.3) is 5.91 Å². The van der Waals surface area contributed by atoms with E-state index in [0.717, 1.165) is 16.7 Å². The van der Waals surface area contributed by atoms with Gasteiger partial charge in [0.2, 0.25) is 5.91 Å². The summed E-state index contributed by atoms with van der Waals surface area (Å²) in [6, 6.07) is 5.84. The molecule has 0 spiro atoms. The highest BCUT2D eigenvalue weighted by molar-refractivity contribution is 6.43. The Balaban J connectivity index is 2.78. The summed E-state index contributed by atoms with van der Waals surface area (Å²) in [6.45, 7) is 7.37. The third-order valence-corrected chi connectivity index (χ3v) is 3.88. The number of rotatable bonds is 7. The molecule has 0 bridgehead atoms. The van der Waals surface area contributed by atoms with Crippen molar-refractivity contribution >= 4 is 18.9 Å². The Morgan fingerprint density at radius 1 is 1.32 bits per heavy atom. The predicted octanol–water partition coefficient (Wildman–Crippen LogP) is 0.215. The largest absolute Gasteiger partial charge is 0.475 e. The zero-order valence-corrected chi connectivity index (χ0v) is 15.2. The summed E-state index contributed by atoms with van der Waals surface area (Å²) in [5.74, 6) is 3.14. The van der Waals surface area contributed by atoms with Gasteiger partial charge >= 0.3 is 7.12 Å². The minimum atomic E-state index is -1.70. The van der Waals surface area contributed by atoms with Gasteiger partial charge in [-0.2, -0.15) is 0 Å². The van der Waals surface area contributed by atoms with Crippen molar-refractivity contribution in [3.8, 4) is 11.8 Å². The fourth-order valence-corrected chi connectivity index (χ4v) is 2.48. The van der Waals surface area contributed by atoms with Crippen LogP contribution in [0.1, 0.15) is 30.5 Å². The molecule has 0 aromatic heterocycles. The Kier molecular flexibility index (Phi) is 8.19. The smallest absolute Gasteiger partial charge is 0.426 e. The van der Waals surface area contributed by atoms with Gasteiger partial charge in [0.05, 0.1) is 5.94 Å². The van der Waals surface area contributed by atoms with Crippen LogP contribution >= 0.6 is 0 Å². The number of nitrogens with zero attached hydrogens (tertiary/aromatic N) is 1. The van der Waals surface area contributed by atoms with Gasteiger partial charge in [0, 0.05) is 6.54 Å². The van der Waals surface area contributed by atoms with Crippen molar-refractivity contribution in [3.05, 3.63) is 34.9 Å². The fourth-order valence-electron chi connectivity index (χ4n) is 2.48. The molecule has 0 heterocycles. The van der Waals surface area contributed by atoms with E-state index in [9.17, 15) is 19.6 Å². The van der Waals surface area contributed by atoms with E-state index >= 15 is 0 Å². The molecule has 134 valence electrons. The Morgan fingerprint density at radius 3 is 2.52 bits per heavy atom. The summed E-state index contributed by atoms with van der Waals surface area (Å²) < 4.78 is 0. The molecule has 1 unspecified atom stereocenters. The molecule has 6 nitrogen and oxygen atoms in total. The van der Waals surface area contributed by atoms with Crippen molar-refractivity contribution in [2.24, 2.45) is 0 Å². The minimum absolute atomic E-state index is 0.180. The molecule has 0 aliphatic heterocycles. The molecular weight excluding hydrogens is 319 g/mol. The predicted molar refractivity (Wildman–Crippen MR) is 97.4 cm³/mol. The van der Waals surface area contributed by atoms with Crippen LogP contribution in [0, 0.1) is 25.7 Å². The zero-order chi connectivity index (χ0) is 19.0. The van der Waals surface area contributed by atoms with Crippen LogP contribution in [-0.2, 0) is 16.0 Å². The summed E-state index contributed by atoms with van der Waals surface area (Å²) in [4.78, 5) is 25.3. The standard InChI is InChI=1S/C18H25BN2O4/c1-5-7-18(23)21(6-2)12-17(22)20-16(19(24)25)11-15-9-8-13(3)10-14(15)4/h8-10,16,24-25H,6,11-12H2,1-4H3,(H,20,22). The second-order valence-electron chi connectivity index (χ2n) is 5.92. The molecule has 1 atom stereocenters. The normalized spacial score (nSPS) is 11.1. The molecule has 1 rings (SSSR count). The van der Waals surface area contributed by atoms with E-state index < -0.39 is 24.9 Å². The molecule has 0 saturated carbocycles. The SMILES string of the molecule is CC#CC(=O)N(CC)CC(=O)NC(Cc1ccc(C)cc1C)B(O)O. The molecular formula is C18H25BN2O4. The third-order valence-electron chi connectivity index (χ3n) is 3.88. The molecule has 2 amide bonds. The first-order valence-electron chi connectivity index (χ1n) is 8.21. The van der Waals surface area contributed by atoms with Gasteiger partial charge in [-0.05, 0) is 51.2 Å². The lowest BCUT2D eigenvalue weighted by Crippen LogP contribution is -2.51. The maximum absolute atomic E-state index is 12.2. The maximum Gasteiger partial charge on any atom is 0.475 e. The summed E-state index contributed by atoms with van der Waals surface area (Å²) in [5.41, 5.74) is 3.05. The first kappa shape index (κ1) is 20.7. The highest BCUT2D eigenvalue weighted by Crippen LogP contribution is 2.13. The molecule has 1 aromatic carbocycles. The summed E-state index contributed by atoms with van der Waals surface area (Å²) in [5, 5.41) is 21.8. The quantitative estimate of drug-likeness (QED) is 0.487. The molecule has 7 heteroatoms. The van der Waals surface area contributed by atoms with Crippen molar-refractivity contribution in [1.29, 1.82) is 0 Å². The van der Waals surface area contributed by atoms with Gasteiger partial charge in [-0.15, -0.1) is 0 Å². The van der Waals surface area contributed by atoms with Gasteiger partial charge in [0.15, 0.2) is 0 Å². The van der Waals surface area contributed by atoms with E-state index in [1.165, 1.54) is 4.90 Å². The lowest BCUT2D eigenvalue weighted by atomic mass is 9.75. The van der Waals surface area contributed by atoms with Gasteiger partial charge in [0.1, 0.15) is 6.54 Å². The second kappa shape index (κ2) is 9.87. The monoisotopic (exact) mass is 344 g/mol. The Labute approximate surface area is 149 Å². The maximum atomic E-state index is 12.2. The lowest BCUT2D eigenvalue weighted by Gasteiger charge is -2.22. The molecule has 0 saturated heterocycles. The third kappa shape index (κ3) is 6.61. The van der Waals surface area contributed by atoms with Crippen LogP contribution in [0.5, 0.6) is 0 Å². The van der Waals surface area contributed by atoms with E-state index in [-0.39, 0.29) is 13.0 Å².